The van der Waals surface area contributed by atoms with Gasteiger partial charge in [0.25, 0.3) is 0 Å². The minimum atomic E-state index is -5.77. The molecule has 0 aliphatic heterocycles. The third-order valence-corrected chi connectivity index (χ3v) is 2.92. The van der Waals surface area contributed by atoms with Crippen LogP contribution >= 0.6 is 0 Å². The number of fused-ring (bicyclic) bond motifs is 1. The Hall–Kier alpha value is -2.00. The Morgan fingerprint density at radius 3 is 2.17 bits per heavy atom. The molecule has 2 aromatic rings. The first-order chi connectivity index (χ1) is 10.4. The number of alkyl halides is 5. The first-order valence-corrected chi connectivity index (χ1v) is 6.74. The molecule has 0 atom stereocenters. The molecule has 0 spiro atoms. The van der Waals surface area contributed by atoms with Crippen molar-refractivity contribution in [2.75, 3.05) is 6.61 Å². The van der Waals surface area contributed by atoms with E-state index < -0.39 is 29.2 Å². The summed E-state index contributed by atoms with van der Waals surface area (Å²) in [7, 11) is 0. The molecule has 2 rings (SSSR count). The predicted molar refractivity (Wildman–Crippen MR) is 70.6 cm³/mol. The van der Waals surface area contributed by atoms with Gasteiger partial charge in [0.1, 0.15) is 5.69 Å². The van der Waals surface area contributed by atoms with Gasteiger partial charge in [0.15, 0.2) is 11.5 Å². The molecule has 0 saturated heterocycles. The van der Waals surface area contributed by atoms with Crippen LogP contribution in [0, 0.1) is 0 Å². The van der Waals surface area contributed by atoms with Crippen LogP contribution in [0.4, 0.5) is 22.0 Å². The summed E-state index contributed by atoms with van der Waals surface area (Å²) >= 11 is 0. The van der Waals surface area contributed by atoms with Gasteiger partial charge in [0, 0.05) is 11.5 Å². The molecule has 0 saturated carbocycles. The van der Waals surface area contributed by atoms with Crippen molar-refractivity contribution in [2.45, 2.75) is 45.2 Å². The zero-order valence-electron chi connectivity index (χ0n) is 12.9. The minimum Gasteiger partial charge on any atom is -0.464 e. The second-order valence-electron chi connectivity index (χ2n) is 5.88. The normalized spacial score (nSPS) is 13.6. The number of ether oxygens (including phenoxy) is 1. The van der Waals surface area contributed by atoms with E-state index in [1.54, 1.807) is 27.7 Å². The van der Waals surface area contributed by atoms with E-state index >= 15 is 0 Å². The van der Waals surface area contributed by atoms with Crippen molar-refractivity contribution in [1.29, 1.82) is 0 Å². The van der Waals surface area contributed by atoms with E-state index in [9.17, 15) is 22.0 Å². The van der Waals surface area contributed by atoms with Gasteiger partial charge in [0.05, 0.1) is 6.61 Å². The van der Waals surface area contributed by atoms with Crippen LogP contribution in [-0.4, -0.2) is 32.4 Å². The zero-order chi connectivity index (χ0) is 17.6. The highest BCUT2D eigenvalue weighted by Crippen LogP contribution is 2.43. The van der Waals surface area contributed by atoms with E-state index in [0.29, 0.717) is 6.07 Å². The van der Waals surface area contributed by atoms with Crippen molar-refractivity contribution < 1.29 is 26.7 Å². The van der Waals surface area contributed by atoms with E-state index in [2.05, 4.69) is 15.1 Å². The maximum Gasteiger partial charge on any atom is 0.459 e. The average Bonchev–Trinajstić information content (AvgIpc) is 2.81. The SMILES string of the molecule is CCOc1nc(C(F)(F)C(F)(F)F)cc2nc(C(C)(C)C)nn12. The topological polar surface area (TPSA) is 52.3 Å². The Balaban J connectivity index is 2.70. The maximum atomic E-state index is 13.6. The van der Waals surface area contributed by atoms with Crippen molar-refractivity contribution in [2.24, 2.45) is 0 Å². The summed E-state index contributed by atoms with van der Waals surface area (Å²) in [6.07, 6.45) is -5.77. The van der Waals surface area contributed by atoms with E-state index in [-0.39, 0.29) is 18.1 Å². The smallest absolute Gasteiger partial charge is 0.459 e. The Morgan fingerprint density at radius 2 is 1.70 bits per heavy atom. The fourth-order valence-electron chi connectivity index (χ4n) is 1.71. The third kappa shape index (κ3) is 3.06. The van der Waals surface area contributed by atoms with E-state index in [1.165, 1.54) is 0 Å². The predicted octanol–water partition coefficient (Wildman–Crippen LogP) is 3.47. The number of halogens is 5. The van der Waals surface area contributed by atoms with Crippen LogP contribution in [0.5, 0.6) is 6.01 Å². The molecular formula is C13H15F5N4O. The van der Waals surface area contributed by atoms with Gasteiger partial charge < -0.3 is 4.74 Å². The zero-order valence-corrected chi connectivity index (χ0v) is 12.9. The average molecular weight is 338 g/mol. The van der Waals surface area contributed by atoms with Crippen LogP contribution in [0.2, 0.25) is 0 Å². The summed E-state index contributed by atoms with van der Waals surface area (Å²) in [5.74, 6) is -4.85. The number of rotatable bonds is 3. The molecule has 0 aliphatic carbocycles. The van der Waals surface area contributed by atoms with Crippen LogP contribution < -0.4 is 4.74 Å². The molecule has 0 aromatic carbocycles. The number of hydrogen-bond acceptors (Lipinski definition) is 4. The van der Waals surface area contributed by atoms with Gasteiger partial charge in [-0.05, 0) is 6.92 Å². The first kappa shape index (κ1) is 17.4. The molecule has 0 aliphatic rings. The molecule has 2 heterocycles. The molecule has 0 amide bonds. The number of aromatic nitrogens is 4. The third-order valence-electron chi connectivity index (χ3n) is 2.92. The standard InChI is InChI=1S/C13H15F5N4O/c1-5-23-10-19-7(12(14,15)13(16,17)18)6-8-20-9(11(2,3)4)21-22(8)10/h6H,5H2,1-4H3. The van der Waals surface area contributed by atoms with Gasteiger partial charge in [-0.1, -0.05) is 20.8 Å². The molecule has 0 N–H and O–H groups in total. The van der Waals surface area contributed by atoms with Crippen molar-refractivity contribution in [1.82, 2.24) is 19.6 Å². The summed E-state index contributed by atoms with van der Waals surface area (Å²) in [5.41, 5.74) is -2.19. The highest BCUT2D eigenvalue weighted by atomic mass is 19.4. The van der Waals surface area contributed by atoms with E-state index in [1.807, 2.05) is 0 Å². The van der Waals surface area contributed by atoms with E-state index in [4.69, 9.17) is 4.74 Å². The van der Waals surface area contributed by atoms with E-state index in [0.717, 1.165) is 4.52 Å². The van der Waals surface area contributed by atoms with Crippen LogP contribution in [0.3, 0.4) is 0 Å². The summed E-state index contributed by atoms with van der Waals surface area (Å²) in [6.45, 7) is 6.90. The van der Waals surface area contributed by atoms with Crippen LogP contribution in [0.1, 0.15) is 39.2 Å². The lowest BCUT2D eigenvalue weighted by atomic mass is 9.96. The summed E-state index contributed by atoms with van der Waals surface area (Å²) in [5, 5.41) is 4.08. The van der Waals surface area contributed by atoms with Crippen molar-refractivity contribution >= 4 is 5.65 Å². The Morgan fingerprint density at radius 1 is 1.09 bits per heavy atom. The quantitative estimate of drug-likeness (QED) is 0.804. The summed E-state index contributed by atoms with van der Waals surface area (Å²) in [6, 6.07) is 0.102. The van der Waals surface area contributed by atoms with Gasteiger partial charge in [0.2, 0.25) is 0 Å². The lowest BCUT2D eigenvalue weighted by molar-refractivity contribution is -0.291. The minimum absolute atomic E-state index is 0.0217. The Labute approximate surface area is 128 Å². The van der Waals surface area contributed by atoms with Crippen molar-refractivity contribution in [3.63, 3.8) is 0 Å². The Bertz CT molecular complexity index is 717. The molecule has 0 radical (unpaired) electrons. The molecule has 0 bridgehead atoms. The molecule has 10 heteroatoms. The second-order valence-corrected chi connectivity index (χ2v) is 5.88. The largest absolute Gasteiger partial charge is 0.464 e. The highest BCUT2D eigenvalue weighted by Gasteiger charge is 2.60. The van der Waals surface area contributed by atoms with Crippen LogP contribution in [0.15, 0.2) is 6.07 Å². The van der Waals surface area contributed by atoms with Gasteiger partial charge in [-0.2, -0.15) is 31.5 Å². The monoisotopic (exact) mass is 338 g/mol. The van der Waals surface area contributed by atoms with Crippen LogP contribution in [0.25, 0.3) is 5.65 Å². The van der Waals surface area contributed by atoms with Gasteiger partial charge in [-0.3, -0.25) is 0 Å². The molecular weight excluding hydrogens is 323 g/mol. The fourth-order valence-corrected chi connectivity index (χ4v) is 1.71. The molecule has 0 fully saturated rings. The van der Waals surface area contributed by atoms with Gasteiger partial charge >= 0.3 is 18.1 Å². The lowest BCUT2D eigenvalue weighted by Crippen LogP contribution is -2.34. The lowest BCUT2D eigenvalue weighted by Gasteiger charge is -2.19. The second kappa shape index (κ2) is 5.27. The number of nitrogens with zero attached hydrogens (tertiary/aromatic N) is 4. The molecule has 23 heavy (non-hydrogen) atoms. The summed E-state index contributed by atoms with van der Waals surface area (Å²) < 4.78 is 70.8. The fraction of sp³-hybridized carbons (Fsp3) is 0.615. The summed E-state index contributed by atoms with van der Waals surface area (Å²) in [4.78, 5) is 7.31. The van der Waals surface area contributed by atoms with Crippen molar-refractivity contribution in [3.05, 3.63) is 17.6 Å². The Kier molecular flexibility index (Phi) is 3.98. The van der Waals surface area contributed by atoms with Crippen LogP contribution in [-0.2, 0) is 11.3 Å². The maximum absolute atomic E-state index is 13.6. The molecule has 0 unspecified atom stereocenters. The highest BCUT2D eigenvalue weighted by molar-refractivity contribution is 5.43. The molecule has 2 aromatic heterocycles. The molecule has 128 valence electrons. The van der Waals surface area contributed by atoms with Crippen molar-refractivity contribution in [3.8, 4) is 6.01 Å². The number of hydrogen-bond donors (Lipinski definition) is 0. The first-order valence-electron chi connectivity index (χ1n) is 6.74. The molecule has 5 nitrogen and oxygen atoms in total. The van der Waals surface area contributed by atoms with Gasteiger partial charge in [-0.25, -0.2) is 4.98 Å². The van der Waals surface area contributed by atoms with Gasteiger partial charge in [-0.15, -0.1) is 5.10 Å².